The van der Waals surface area contributed by atoms with Crippen LogP contribution in [0.25, 0.3) is 10.9 Å². The summed E-state index contributed by atoms with van der Waals surface area (Å²) in [7, 11) is 1.57. The number of carbonyl (C=O) groups is 1. The van der Waals surface area contributed by atoms with E-state index in [-0.39, 0.29) is 11.6 Å². The molecule has 116 valence electrons. The van der Waals surface area contributed by atoms with Crippen molar-refractivity contribution in [3.05, 3.63) is 64.3 Å². The van der Waals surface area contributed by atoms with Crippen molar-refractivity contribution < 1.29 is 14.5 Å². The third kappa shape index (κ3) is 2.98. The first-order chi connectivity index (χ1) is 11.1. The monoisotopic (exact) mass is 311 g/mol. The number of benzene rings is 2. The van der Waals surface area contributed by atoms with E-state index in [1.54, 1.807) is 25.3 Å². The number of carbonyl (C=O) groups excluding carboxylic acids is 1. The average molecular weight is 311 g/mol. The Hall–Kier alpha value is -3.35. The minimum Gasteiger partial charge on any atom is -0.497 e. The lowest BCUT2D eigenvalue weighted by molar-refractivity contribution is -0.384. The van der Waals surface area contributed by atoms with Crippen molar-refractivity contribution in [3.63, 3.8) is 0 Å². The van der Waals surface area contributed by atoms with Gasteiger partial charge in [0, 0.05) is 28.7 Å². The molecule has 23 heavy (non-hydrogen) atoms. The van der Waals surface area contributed by atoms with Gasteiger partial charge in [-0.1, -0.05) is 6.07 Å². The van der Waals surface area contributed by atoms with Crippen LogP contribution in [0.4, 0.5) is 11.4 Å². The molecule has 2 N–H and O–H groups in total. The van der Waals surface area contributed by atoms with Crippen molar-refractivity contribution in [2.24, 2.45) is 0 Å². The maximum Gasteiger partial charge on any atom is 0.272 e. The first kappa shape index (κ1) is 14.6. The summed E-state index contributed by atoms with van der Waals surface area (Å²) in [5.41, 5.74) is 1.44. The molecule has 0 fully saturated rings. The number of nitro benzene ring substituents is 1. The van der Waals surface area contributed by atoms with E-state index >= 15 is 0 Å². The molecule has 0 bridgehead atoms. The molecule has 0 aliphatic carbocycles. The Bertz CT molecular complexity index is 901. The number of nitrogens with one attached hydrogen (secondary N) is 2. The van der Waals surface area contributed by atoms with E-state index in [9.17, 15) is 14.9 Å². The largest absolute Gasteiger partial charge is 0.497 e. The van der Waals surface area contributed by atoms with E-state index in [1.165, 1.54) is 18.2 Å². The number of amides is 1. The van der Waals surface area contributed by atoms with Crippen LogP contribution in [0.2, 0.25) is 0 Å². The number of methoxy groups -OCH3 is 1. The number of hydrogen-bond acceptors (Lipinski definition) is 4. The highest BCUT2D eigenvalue weighted by Gasteiger charge is 2.12. The molecule has 7 heteroatoms. The van der Waals surface area contributed by atoms with Gasteiger partial charge in [-0.25, -0.2) is 0 Å². The average Bonchev–Trinajstić information content (AvgIpc) is 2.98. The quantitative estimate of drug-likeness (QED) is 0.570. The second-order valence-corrected chi connectivity index (χ2v) is 4.90. The Labute approximate surface area is 131 Å². The smallest absolute Gasteiger partial charge is 0.272 e. The summed E-state index contributed by atoms with van der Waals surface area (Å²) in [5, 5.41) is 14.2. The molecular weight excluding hydrogens is 298 g/mol. The summed E-state index contributed by atoms with van der Waals surface area (Å²) in [4.78, 5) is 25.5. The molecule has 0 aliphatic heterocycles. The van der Waals surface area contributed by atoms with Gasteiger partial charge < -0.3 is 15.0 Å². The van der Waals surface area contributed by atoms with Crippen molar-refractivity contribution in [1.29, 1.82) is 0 Å². The minimum atomic E-state index is -0.509. The SMILES string of the molecule is COc1ccc2[nH]c(C(=O)Nc3cccc([N+](=O)[O-])c3)cc2c1. The van der Waals surface area contributed by atoms with Crippen LogP contribution in [-0.2, 0) is 0 Å². The Kier molecular flexibility index (Phi) is 3.68. The Balaban J connectivity index is 1.85. The first-order valence-electron chi connectivity index (χ1n) is 6.79. The van der Waals surface area contributed by atoms with Crippen LogP contribution in [0.1, 0.15) is 10.5 Å². The molecule has 1 heterocycles. The van der Waals surface area contributed by atoms with Crippen molar-refractivity contribution in [3.8, 4) is 5.75 Å². The minimum absolute atomic E-state index is 0.0795. The molecule has 0 atom stereocenters. The number of ether oxygens (including phenoxy) is 1. The van der Waals surface area contributed by atoms with Gasteiger partial charge in [-0.05, 0) is 30.3 Å². The molecule has 3 rings (SSSR count). The fraction of sp³-hybridized carbons (Fsp3) is 0.0625. The van der Waals surface area contributed by atoms with Gasteiger partial charge in [-0.2, -0.15) is 0 Å². The van der Waals surface area contributed by atoms with Crippen LogP contribution in [-0.4, -0.2) is 22.9 Å². The lowest BCUT2D eigenvalue weighted by Crippen LogP contribution is -2.12. The zero-order valence-corrected chi connectivity index (χ0v) is 12.2. The third-order valence-corrected chi connectivity index (χ3v) is 3.39. The fourth-order valence-electron chi connectivity index (χ4n) is 2.26. The normalized spacial score (nSPS) is 10.5. The van der Waals surface area contributed by atoms with E-state index in [4.69, 9.17) is 4.74 Å². The predicted octanol–water partition coefficient (Wildman–Crippen LogP) is 3.34. The molecule has 3 aromatic rings. The van der Waals surface area contributed by atoms with E-state index < -0.39 is 4.92 Å². The highest BCUT2D eigenvalue weighted by molar-refractivity contribution is 6.06. The van der Waals surface area contributed by atoms with Crippen LogP contribution in [0.15, 0.2) is 48.5 Å². The molecule has 0 spiro atoms. The standard InChI is InChI=1S/C16H13N3O4/c1-23-13-5-6-14-10(7-13)8-15(18-14)16(20)17-11-3-2-4-12(9-11)19(21)22/h2-9,18H,1H3,(H,17,20). The molecule has 0 aliphatic rings. The Morgan fingerprint density at radius 3 is 2.78 bits per heavy atom. The summed E-state index contributed by atoms with van der Waals surface area (Å²) < 4.78 is 5.14. The second kappa shape index (κ2) is 5.80. The second-order valence-electron chi connectivity index (χ2n) is 4.90. The summed E-state index contributed by atoms with van der Waals surface area (Å²) in [6, 6.07) is 12.9. The predicted molar refractivity (Wildman–Crippen MR) is 85.9 cm³/mol. The van der Waals surface area contributed by atoms with Crippen molar-refractivity contribution in [2.75, 3.05) is 12.4 Å². The molecule has 0 saturated heterocycles. The number of non-ortho nitro benzene ring substituents is 1. The molecule has 0 radical (unpaired) electrons. The van der Waals surface area contributed by atoms with Gasteiger partial charge in [-0.3, -0.25) is 14.9 Å². The number of aromatic amines is 1. The van der Waals surface area contributed by atoms with Gasteiger partial charge in [-0.15, -0.1) is 0 Å². The van der Waals surface area contributed by atoms with Gasteiger partial charge in [0.15, 0.2) is 0 Å². The van der Waals surface area contributed by atoms with Gasteiger partial charge in [0.25, 0.3) is 11.6 Å². The van der Waals surface area contributed by atoms with Crippen LogP contribution in [0.3, 0.4) is 0 Å². The van der Waals surface area contributed by atoms with E-state index in [0.717, 1.165) is 10.9 Å². The van der Waals surface area contributed by atoms with Crippen molar-refractivity contribution in [2.45, 2.75) is 0 Å². The number of nitro groups is 1. The zero-order chi connectivity index (χ0) is 16.4. The number of rotatable bonds is 4. The van der Waals surface area contributed by atoms with Gasteiger partial charge in [0.2, 0.25) is 0 Å². The first-order valence-corrected chi connectivity index (χ1v) is 6.79. The van der Waals surface area contributed by atoms with Crippen LogP contribution < -0.4 is 10.1 Å². The van der Waals surface area contributed by atoms with Crippen molar-refractivity contribution >= 4 is 28.2 Å². The molecule has 0 unspecified atom stereocenters. The number of hydrogen-bond donors (Lipinski definition) is 2. The summed E-state index contributed by atoms with van der Waals surface area (Å²) in [6.07, 6.45) is 0. The van der Waals surface area contributed by atoms with Crippen molar-refractivity contribution in [1.82, 2.24) is 4.98 Å². The van der Waals surface area contributed by atoms with Crippen LogP contribution in [0.5, 0.6) is 5.75 Å². The highest BCUT2D eigenvalue weighted by Crippen LogP contribution is 2.22. The Morgan fingerprint density at radius 2 is 2.04 bits per heavy atom. The third-order valence-electron chi connectivity index (χ3n) is 3.39. The zero-order valence-electron chi connectivity index (χ0n) is 12.2. The maximum absolute atomic E-state index is 12.3. The van der Waals surface area contributed by atoms with E-state index in [1.807, 2.05) is 12.1 Å². The van der Waals surface area contributed by atoms with Gasteiger partial charge >= 0.3 is 0 Å². The summed E-state index contributed by atoms with van der Waals surface area (Å²) >= 11 is 0. The lowest BCUT2D eigenvalue weighted by atomic mass is 10.2. The summed E-state index contributed by atoms with van der Waals surface area (Å²) in [5.74, 6) is 0.322. The topological polar surface area (TPSA) is 97.3 Å². The molecule has 0 saturated carbocycles. The molecular formula is C16H13N3O4. The van der Waals surface area contributed by atoms with E-state index in [2.05, 4.69) is 10.3 Å². The number of nitrogens with zero attached hydrogens (tertiary/aromatic N) is 1. The number of aromatic nitrogens is 1. The Morgan fingerprint density at radius 1 is 1.22 bits per heavy atom. The number of H-pyrrole nitrogens is 1. The number of fused-ring (bicyclic) bond motifs is 1. The lowest BCUT2D eigenvalue weighted by Gasteiger charge is -2.03. The van der Waals surface area contributed by atoms with Crippen LogP contribution in [0, 0.1) is 10.1 Å². The van der Waals surface area contributed by atoms with E-state index in [0.29, 0.717) is 17.1 Å². The molecule has 2 aromatic carbocycles. The number of anilines is 1. The summed E-state index contributed by atoms with van der Waals surface area (Å²) in [6.45, 7) is 0. The molecule has 7 nitrogen and oxygen atoms in total. The van der Waals surface area contributed by atoms with Gasteiger partial charge in [0.1, 0.15) is 11.4 Å². The molecule has 1 amide bonds. The van der Waals surface area contributed by atoms with Crippen LogP contribution >= 0.6 is 0 Å². The molecule has 1 aromatic heterocycles. The fourth-order valence-corrected chi connectivity index (χ4v) is 2.26. The highest BCUT2D eigenvalue weighted by atomic mass is 16.6. The van der Waals surface area contributed by atoms with Gasteiger partial charge in [0.05, 0.1) is 12.0 Å². The maximum atomic E-state index is 12.3.